The number of hydrogen-bond donors (Lipinski definition) is 0. The van der Waals surface area contributed by atoms with Crippen molar-refractivity contribution in [3.8, 4) is 0 Å². The number of para-hydroxylation sites is 1. The van der Waals surface area contributed by atoms with Crippen LogP contribution in [0.5, 0.6) is 0 Å². The van der Waals surface area contributed by atoms with Gasteiger partial charge in [-0.05, 0) is 25.0 Å². The van der Waals surface area contributed by atoms with Gasteiger partial charge in [-0.1, -0.05) is 51.3 Å². The predicted molar refractivity (Wildman–Crippen MR) is 88.6 cm³/mol. The largest absolute Gasteiger partial charge is 0.464 e. The zero-order valence-electron chi connectivity index (χ0n) is 13.7. The summed E-state index contributed by atoms with van der Waals surface area (Å²) in [6.07, 6.45) is 3.84. The monoisotopic (exact) mass is 291 g/mol. The lowest BCUT2D eigenvalue weighted by molar-refractivity contribution is -0.144. The molecule has 0 N–H and O–H groups in total. The highest BCUT2D eigenvalue weighted by Gasteiger charge is 2.13. The smallest absolute Gasteiger partial charge is 0.306 e. The van der Waals surface area contributed by atoms with E-state index in [1.165, 1.54) is 5.69 Å². The van der Waals surface area contributed by atoms with Crippen molar-refractivity contribution < 1.29 is 9.53 Å². The van der Waals surface area contributed by atoms with Gasteiger partial charge in [-0.2, -0.15) is 0 Å². The second kappa shape index (κ2) is 10.3. The fraction of sp³-hybridized carbons (Fsp3) is 0.611. The highest BCUT2D eigenvalue weighted by atomic mass is 16.5. The molecule has 0 fully saturated rings. The first-order chi connectivity index (χ1) is 10.2. The number of esters is 1. The fourth-order valence-electron chi connectivity index (χ4n) is 2.53. The Kier molecular flexibility index (Phi) is 8.56. The van der Waals surface area contributed by atoms with Gasteiger partial charge in [-0.25, -0.2) is 0 Å². The lowest BCUT2D eigenvalue weighted by Crippen LogP contribution is -2.28. The SMILES string of the molecule is CCCC(CC)CC(=O)OCCN(CC)c1ccccc1. The molecule has 3 heteroatoms. The summed E-state index contributed by atoms with van der Waals surface area (Å²) in [4.78, 5) is 14.1. The highest BCUT2D eigenvalue weighted by Crippen LogP contribution is 2.16. The summed E-state index contributed by atoms with van der Waals surface area (Å²) >= 11 is 0. The van der Waals surface area contributed by atoms with Crippen LogP contribution in [0, 0.1) is 5.92 Å². The average Bonchev–Trinajstić information content (AvgIpc) is 2.52. The van der Waals surface area contributed by atoms with Gasteiger partial charge in [0.25, 0.3) is 0 Å². The third-order valence-electron chi connectivity index (χ3n) is 3.86. The average molecular weight is 291 g/mol. The lowest BCUT2D eigenvalue weighted by Gasteiger charge is -2.23. The van der Waals surface area contributed by atoms with Crippen molar-refractivity contribution in [2.24, 2.45) is 5.92 Å². The lowest BCUT2D eigenvalue weighted by atomic mass is 9.97. The number of nitrogens with zero attached hydrogens (tertiary/aromatic N) is 1. The second-order valence-electron chi connectivity index (χ2n) is 5.40. The van der Waals surface area contributed by atoms with Crippen LogP contribution in [-0.4, -0.2) is 25.7 Å². The second-order valence-corrected chi connectivity index (χ2v) is 5.40. The molecule has 21 heavy (non-hydrogen) atoms. The summed E-state index contributed by atoms with van der Waals surface area (Å²) in [6, 6.07) is 10.2. The van der Waals surface area contributed by atoms with Crippen LogP contribution >= 0.6 is 0 Å². The molecule has 0 saturated heterocycles. The topological polar surface area (TPSA) is 29.5 Å². The van der Waals surface area contributed by atoms with Crippen molar-refractivity contribution in [3.63, 3.8) is 0 Å². The van der Waals surface area contributed by atoms with Crippen LogP contribution in [0.3, 0.4) is 0 Å². The number of rotatable bonds is 10. The number of carbonyl (C=O) groups is 1. The van der Waals surface area contributed by atoms with Gasteiger partial charge in [-0.3, -0.25) is 4.79 Å². The molecule has 0 heterocycles. The Morgan fingerprint density at radius 2 is 1.90 bits per heavy atom. The maximum atomic E-state index is 11.9. The number of carbonyl (C=O) groups excluding carboxylic acids is 1. The molecule has 0 bridgehead atoms. The molecule has 0 saturated carbocycles. The third-order valence-corrected chi connectivity index (χ3v) is 3.86. The summed E-state index contributed by atoms with van der Waals surface area (Å²) in [5.74, 6) is 0.415. The van der Waals surface area contributed by atoms with Crippen LogP contribution < -0.4 is 4.90 Å². The summed E-state index contributed by atoms with van der Waals surface area (Å²) in [6.45, 7) is 8.54. The molecule has 0 radical (unpaired) electrons. The molecule has 0 amide bonds. The van der Waals surface area contributed by atoms with E-state index < -0.39 is 0 Å². The number of likely N-dealkylation sites (N-methyl/N-ethyl adjacent to an activating group) is 1. The molecule has 0 aliphatic rings. The van der Waals surface area contributed by atoms with Gasteiger partial charge in [0.15, 0.2) is 0 Å². The van der Waals surface area contributed by atoms with Gasteiger partial charge in [0.2, 0.25) is 0 Å². The van der Waals surface area contributed by atoms with Gasteiger partial charge in [0.1, 0.15) is 6.61 Å². The third kappa shape index (κ3) is 6.65. The Labute approximate surface area is 129 Å². The summed E-state index contributed by atoms with van der Waals surface area (Å²) < 4.78 is 5.39. The summed E-state index contributed by atoms with van der Waals surface area (Å²) in [5, 5.41) is 0. The van der Waals surface area contributed by atoms with E-state index in [1.54, 1.807) is 0 Å². The van der Waals surface area contributed by atoms with Crippen LogP contribution in [0.4, 0.5) is 5.69 Å². The Morgan fingerprint density at radius 3 is 2.48 bits per heavy atom. The van der Waals surface area contributed by atoms with Gasteiger partial charge in [0.05, 0.1) is 6.54 Å². The zero-order valence-corrected chi connectivity index (χ0v) is 13.7. The Hall–Kier alpha value is -1.51. The van der Waals surface area contributed by atoms with Crippen LogP contribution in [0.2, 0.25) is 0 Å². The molecule has 1 unspecified atom stereocenters. The number of benzene rings is 1. The summed E-state index contributed by atoms with van der Waals surface area (Å²) in [5.41, 5.74) is 1.17. The van der Waals surface area contributed by atoms with Gasteiger partial charge in [-0.15, -0.1) is 0 Å². The van der Waals surface area contributed by atoms with Crippen molar-refractivity contribution in [3.05, 3.63) is 30.3 Å². The number of ether oxygens (including phenoxy) is 1. The molecule has 1 aromatic rings. The quantitative estimate of drug-likeness (QED) is 0.603. The predicted octanol–water partition coefficient (Wildman–Crippen LogP) is 4.27. The minimum Gasteiger partial charge on any atom is -0.464 e. The van der Waals surface area contributed by atoms with E-state index in [-0.39, 0.29) is 5.97 Å². The minimum absolute atomic E-state index is 0.0561. The normalized spacial score (nSPS) is 12.0. The summed E-state index contributed by atoms with van der Waals surface area (Å²) in [7, 11) is 0. The molecular weight excluding hydrogens is 262 g/mol. The molecule has 0 spiro atoms. The zero-order chi connectivity index (χ0) is 15.5. The van der Waals surface area contributed by atoms with Crippen LogP contribution in [0.15, 0.2) is 30.3 Å². The first-order valence-electron chi connectivity index (χ1n) is 8.16. The molecule has 3 nitrogen and oxygen atoms in total. The molecule has 0 aliphatic carbocycles. The van der Waals surface area contributed by atoms with Crippen molar-refractivity contribution in [1.29, 1.82) is 0 Å². The van der Waals surface area contributed by atoms with Crippen molar-refractivity contribution >= 4 is 11.7 Å². The van der Waals surface area contributed by atoms with Crippen LogP contribution in [0.1, 0.15) is 46.5 Å². The Balaban J connectivity index is 2.33. The van der Waals surface area contributed by atoms with E-state index in [0.717, 1.165) is 32.4 Å². The molecule has 0 aliphatic heterocycles. The maximum absolute atomic E-state index is 11.9. The highest BCUT2D eigenvalue weighted by molar-refractivity contribution is 5.69. The van der Waals surface area contributed by atoms with E-state index in [4.69, 9.17) is 4.74 Å². The molecule has 118 valence electrons. The molecule has 1 rings (SSSR count). The van der Waals surface area contributed by atoms with Gasteiger partial charge >= 0.3 is 5.97 Å². The maximum Gasteiger partial charge on any atom is 0.306 e. The molecule has 0 aromatic heterocycles. The van der Waals surface area contributed by atoms with E-state index in [2.05, 4.69) is 37.8 Å². The Bertz CT molecular complexity index is 391. The van der Waals surface area contributed by atoms with Crippen molar-refractivity contribution in [1.82, 2.24) is 0 Å². The fourth-order valence-corrected chi connectivity index (χ4v) is 2.53. The number of anilines is 1. The van der Waals surface area contributed by atoms with E-state index in [1.807, 2.05) is 18.2 Å². The van der Waals surface area contributed by atoms with Crippen LogP contribution in [-0.2, 0) is 9.53 Å². The van der Waals surface area contributed by atoms with Crippen molar-refractivity contribution in [2.45, 2.75) is 46.5 Å². The van der Waals surface area contributed by atoms with Crippen LogP contribution in [0.25, 0.3) is 0 Å². The van der Waals surface area contributed by atoms with E-state index in [0.29, 0.717) is 18.9 Å². The standard InChI is InChI=1S/C18H29NO2/c1-4-10-16(5-2)15-18(20)21-14-13-19(6-3)17-11-8-7-9-12-17/h7-9,11-12,16H,4-6,10,13-15H2,1-3H3. The molecular formula is C18H29NO2. The van der Waals surface area contributed by atoms with Gasteiger partial charge < -0.3 is 9.64 Å². The van der Waals surface area contributed by atoms with E-state index >= 15 is 0 Å². The number of hydrogen-bond acceptors (Lipinski definition) is 3. The van der Waals surface area contributed by atoms with Gasteiger partial charge in [0, 0.05) is 18.7 Å². The minimum atomic E-state index is -0.0561. The first kappa shape index (κ1) is 17.5. The van der Waals surface area contributed by atoms with E-state index in [9.17, 15) is 4.79 Å². The first-order valence-corrected chi connectivity index (χ1v) is 8.16. The molecule has 1 aromatic carbocycles. The molecule has 1 atom stereocenters. The van der Waals surface area contributed by atoms with Crippen molar-refractivity contribution in [2.75, 3.05) is 24.6 Å². The Morgan fingerprint density at radius 1 is 1.19 bits per heavy atom.